The average Bonchev–Trinajstić information content (AvgIpc) is 2.59. The molecule has 0 spiro atoms. The monoisotopic (exact) mass is 385 g/mol. The van der Waals surface area contributed by atoms with Crippen molar-refractivity contribution in [2.75, 3.05) is 13.2 Å². The zero-order valence-corrected chi connectivity index (χ0v) is 15.0. The van der Waals surface area contributed by atoms with Crippen molar-refractivity contribution >= 4 is 21.8 Å². The molecule has 0 saturated carbocycles. The van der Waals surface area contributed by atoms with Crippen LogP contribution in [0.15, 0.2) is 59.1 Å². The SMILES string of the molecule is O=C(CCCc1ccccc1)NCC#CCOc1cccc(Br)c1. The first kappa shape index (κ1) is 18.1. The first-order valence-corrected chi connectivity index (χ1v) is 8.68. The molecule has 2 aromatic rings. The van der Waals surface area contributed by atoms with E-state index in [1.165, 1.54) is 5.56 Å². The number of carbonyl (C=O) groups excluding carboxylic acids is 1. The first-order valence-electron chi connectivity index (χ1n) is 7.89. The standard InChI is InChI=1S/C20H20BrNO2/c21-18-11-7-12-19(16-18)24-15-5-4-14-22-20(23)13-6-10-17-8-2-1-3-9-17/h1-3,7-9,11-12,16H,6,10,13-15H2,(H,22,23). The molecule has 4 heteroatoms. The van der Waals surface area contributed by atoms with Gasteiger partial charge in [0.25, 0.3) is 0 Å². The molecule has 0 atom stereocenters. The van der Waals surface area contributed by atoms with Gasteiger partial charge in [-0.1, -0.05) is 64.2 Å². The third-order valence-electron chi connectivity index (χ3n) is 3.32. The van der Waals surface area contributed by atoms with Crippen molar-refractivity contribution in [1.29, 1.82) is 0 Å². The molecule has 0 fully saturated rings. The Hall–Kier alpha value is -2.25. The number of amides is 1. The van der Waals surface area contributed by atoms with Gasteiger partial charge >= 0.3 is 0 Å². The number of rotatable bonds is 7. The van der Waals surface area contributed by atoms with Gasteiger partial charge in [-0.15, -0.1) is 0 Å². The lowest BCUT2D eigenvalue weighted by Gasteiger charge is -2.02. The Balaban J connectivity index is 1.56. The molecule has 0 heterocycles. The van der Waals surface area contributed by atoms with Crippen LogP contribution in [0.1, 0.15) is 18.4 Å². The van der Waals surface area contributed by atoms with Crippen molar-refractivity contribution in [3.63, 3.8) is 0 Å². The van der Waals surface area contributed by atoms with Crippen molar-refractivity contribution in [2.45, 2.75) is 19.3 Å². The van der Waals surface area contributed by atoms with Gasteiger partial charge < -0.3 is 10.1 Å². The minimum absolute atomic E-state index is 0.0353. The van der Waals surface area contributed by atoms with Gasteiger partial charge in [-0.2, -0.15) is 0 Å². The molecule has 3 nitrogen and oxygen atoms in total. The van der Waals surface area contributed by atoms with Crippen LogP contribution >= 0.6 is 15.9 Å². The predicted octanol–water partition coefficient (Wildman–Crippen LogP) is 3.97. The Morgan fingerprint density at radius 1 is 1.08 bits per heavy atom. The summed E-state index contributed by atoms with van der Waals surface area (Å²) in [7, 11) is 0. The molecule has 0 unspecified atom stereocenters. The van der Waals surface area contributed by atoms with Gasteiger partial charge in [-0.05, 0) is 36.6 Å². The van der Waals surface area contributed by atoms with Crippen molar-refractivity contribution in [2.24, 2.45) is 0 Å². The highest BCUT2D eigenvalue weighted by Crippen LogP contribution is 2.17. The van der Waals surface area contributed by atoms with Gasteiger partial charge in [0.2, 0.25) is 5.91 Å². The number of carbonyl (C=O) groups is 1. The Morgan fingerprint density at radius 2 is 1.92 bits per heavy atom. The molecule has 124 valence electrons. The van der Waals surface area contributed by atoms with Gasteiger partial charge in [-0.3, -0.25) is 4.79 Å². The predicted molar refractivity (Wildman–Crippen MR) is 99.8 cm³/mol. The van der Waals surface area contributed by atoms with E-state index in [-0.39, 0.29) is 5.91 Å². The van der Waals surface area contributed by atoms with E-state index < -0.39 is 0 Å². The minimum Gasteiger partial charge on any atom is -0.481 e. The fraction of sp³-hybridized carbons (Fsp3) is 0.250. The molecule has 2 aromatic carbocycles. The third-order valence-corrected chi connectivity index (χ3v) is 3.81. The normalized spacial score (nSPS) is 9.71. The van der Waals surface area contributed by atoms with Crippen LogP contribution in [0.3, 0.4) is 0 Å². The maximum Gasteiger partial charge on any atom is 0.220 e. The second-order valence-electron chi connectivity index (χ2n) is 5.22. The van der Waals surface area contributed by atoms with Gasteiger partial charge in [0.15, 0.2) is 0 Å². The van der Waals surface area contributed by atoms with E-state index in [4.69, 9.17) is 4.74 Å². The molecular formula is C20H20BrNO2. The van der Waals surface area contributed by atoms with E-state index in [9.17, 15) is 4.79 Å². The summed E-state index contributed by atoms with van der Waals surface area (Å²) in [5, 5.41) is 2.80. The fourth-order valence-electron chi connectivity index (χ4n) is 2.12. The van der Waals surface area contributed by atoms with Crippen LogP contribution in [0.4, 0.5) is 0 Å². The van der Waals surface area contributed by atoms with Gasteiger partial charge in [0.05, 0.1) is 6.54 Å². The largest absolute Gasteiger partial charge is 0.481 e. The van der Waals surface area contributed by atoms with Crippen molar-refractivity contribution in [3.05, 3.63) is 64.6 Å². The van der Waals surface area contributed by atoms with Crippen molar-refractivity contribution in [3.8, 4) is 17.6 Å². The number of halogens is 1. The summed E-state index contributed by atoms with van der Waals surface area (Å²) in [4.78, 5) is 11.7. The van der Waals surface area contributed by atoms with Crippen LogP contribution in [0.5, 0.6) is 5.75 Å². The third kappa shape index (κ3) is 7.34. The lowest BCUT2D eigenvalue weighted by molar-refractivity contribution is -0.120. The summed E-state index contributed by atoms with van der Waals surface area (Å²) < 4.78 is 6.46. The Kier molecular flexibility index (Phi) is 7.92. The zero-order chi connectivity index (χ0) is 17.0. The molecule has 1 N–H and O–H groups in total. The van der Waals surface area contributed by atoms with E-state index in [0.29, 0.717) is 19.6 Å². The van der Waals surface area contributed by atoms with Crippen LogP contribution in [0.2, 0.25) is 0 Å². The van der Waals surface area contributed by atoms with Crippen molar-refractivity contribution < 1.29 is 9.53 Å². The smallest absolute Gasteiger partial charge is 0.220 e. The van der Waals surface area contributed by atoms with Crippen molar-refractivity contribution in [1.82, 2.24) is 5.32 Å². The molecule has 0 bridgehead atoms. The maximum atomic E-state index is 11.7. The summed E-state index contributed by atoms with van der Waals surface area (Å²) in [6.45, 7) is 0.659. The molecular weight excluding hydrogens is 366 g/mol. The summed E-state index contributed by atoms with van der Waals surface area (Å²) in [6.07, 6.45) is 2.28. The van der Waals surface area contributed by atoms with Crippen LogP contribution in [-0.2, 0) is 11.2 Å². The molecule has 1 amide bonds. The quantitative estimate of drug-likeness (QED) is 0.732. The summed E-state index contributed by atoms with van der Waals surface area (Å²) in [6, 6.07) is 17.8. The molecule has 24 heavy (non-hydrogen) atoms. The molecule has 0 saturated heterocycles. The van der Waals surface area contributed by atoms with E-state index in [1.54, 1.807) is 0 Å². The average molecular weight is 386 g/mol. The first-order chi connectivity index (χ1) is 11.7. The Bertz CT molecular complexity index is 704. The molecule has 0 radical (unpaired) electrons. The highest BCUT2D eigenvalue weighted by molar-refractivity contribution is 9.10. The molecule has 2 rings (SSSR count). The minimum atomic E-state index is 0.0353. The number of aryl methyl sites for hydroxylation is 1. The van der Waals surface area contributed by atoms with Gasteiger partial charge in [0.1, 0.15) is 12.4 Å². The van der Waals surface area contributed by atoms with Crippen LogP contribution < -0.4 is 10.1 Å². The number of hydrogen-bond donors (Lipinski definition) is 1. The Labute approximate surface area is 151 Å². The van der Waals surface area contributed by atoms with E-state index >= 15 is 0 Å². The molecule has 0 aromatic heterocycles. The lowest BCUT2D eigenvalue weighted by atomic mass is 10.1. The van der Waals surface area contributed by atoms with Crippen LogP contribution in [0, 0.1) is 11.8 Å². The zero-order valence-electron chi connectivity index (χ0n) is 13.4. The second-order valence-corrected chi connectivity index (χ2v) is 6.13. The van der Waals surface area contributed by atoms with Crippen LogP contribution in [0.25, 0.3) is 0 Å². The topological polar surface area (TPSA) is 38.3 Å². The number of ether oxygens (including phenoxy) is 1. The van der Waals surface area contributed by atoms with Gasteiger partial charge in [-0.25, -0.2) is 0 Å². The van der Waals surface area contributed by atoms with Crippen LogP contribution in [-0.4, -0.2) is 19.1 Å². The lowest BCUT2D eigenvalue weighted by Crippen LogP contribution is -2.23. The molecule has 0 aliphatic carbocycles. The van der Waals surface area contributed by atoms with E-state index in [2.05, 4.69) is 45.2 Å². The van der Waals surface area contributed by atoms with E-state index in [0.717, 1.165) is 23.1 Å². The summed E-state index contributed by atoms with van der Waals surface area (Å²) in [5.74, 6) is 6.58. The maximum absolute atomic E-state index is 11.7. The molecule has 0 aliphatic rings. The fourth-order valence-corrected chi connectivity index (χ4v) is 2.50. The summed E-state index contributed by atoms with van der Waals surface area (Å²) >= 11 is 3.38. The Morgan fingerprint density at radius 3 is 2.71 bits per heavy atom. The number of nitrogens with one attached hydrogen (secondary N) is 1. The number of benzene rings is 2. The van der Waals surface area contributed by atoms with E-state index in [1.807, 2.05) is 42.5 Å². The highest BCUT2D eigenvalue weighted by Gasteiger charge is 1.99. The van der Waals surface area contributed by atoms with Gasteiger partial charge in [0, 0.05) is 10.9 Å². The second kappa shape index (κ2) is 10.5. The number of hydrogen-bond acceptors (Lipinski definition) is 2. The molecule has 0 aliphatic heterocycles. The highest BCUT2D eigenvalue weighted by atomic mass is 79.9. The summed E-state index contributed by atoms with van der Waals surface area (Å²) in [5.41, 5.74) is 1.26.